The first kappa shape index (κ1) is 15.2. The van der Waals surface area contributed by atoms with Crippen LogP contribution >= 0.6 is 0 Å². The van der Waals surface area contributed by atoms with Gasteiger partial charge in [-0.3, -0.25) is 0 Å². The minimum atomic E-state index is -1.33. The zero-order valence-corrected chi connectivity index (χ0v) is 10.5. The third-order valence-corrected chi connectivity index (χ3v) is 2.32. The average Bonchev–Trinajstić information content (AvgIpc) is 2.41. The lowest BCUT2D eigenvalue weighted by molar-refractivity contribution is -0.139. The first-order valence-electron chi connectivity index (χ1n) is 5.62. The number of hydrogen-bond acceptors (Lipinski definition) is 4. The summed E-state index contributed by atoms with van der Waals surface area (Å²) in [5, 5.41) is 11.1. The molecular weight excluding hydrogens is 264 g/mol. The topological polar surface area (TPSA) is 119 Å². The van der Waals surface area contributed by atoms with E-state index >= 15 is 0 Å². The Morgan fingerprint density at radius 1 is 1.45 bits per heavy atom. The Kier molecular flexibility index (Phi) is 5.28. The molecule has 2 amide bonds. The number of amides is 2. The molecule has 0 saturated carbocycles. The monoisotopic (exact) mass is 278 g/mol. The molecule has 4 N–H and O–H groups in total. The lowest BCUT2D eigenvalue weighted by atomic mass is 10.0. The van der Waals surface area contributed by atoms with E-state index in [1.54, 1.807) is 0 Å². The number of nitrogens with one attached hydrogen (secondary N) is 1. The maximum absolute atomic E-state index is 11.6. The summed E-state index contributed by atoms with van der Waals surface area (Å²) in [6.45, 7) is 3.46. The number of rotatable bonds is 6. The number of carboxylic acids is 1. The number of ether oxygens (including phenoxy) is 1. The fourth-order valence-corrected chi connectivity index (χ4v) is 1.49. The van der Waals surface area contributed by atoms with E-state index in [0.717, 1.165) is 0 Å². The van der Waals surface area contributed by atoms with Gasteiger partial charge in [0.25, 0.3) is 0 Å². The highest BCUT2D eigenvalue weighted by atomic mass is 16.5. The molecule has 0 saturated heterocycles. The number of nitrogens with two attached hydrogens (primary N) is 1. The standard InChI is InChI=1S/C13H14N2O5/c1-2-6-20-12(18)9-5-3-4-8(7-9)10(11(16)17)15-13(14)19/h2-5,7,10H,1,6H2,(H,16,17)(H3,14,15,19). The molecule has 7 nitrogen and oxygen atoms in total. The third kappa shape index (κ3) is 4.13. The molecule has 106 valence electrons. The van der Waals surface area contributed by atoms with Crippen LogP contribution in [0, 0.1) is 0 Å². The van der Waals surface area contributed by atoms with Crippen LogP contribution in [0.25, 0.3) is 0 Å². The molecule has 1 unspecified atom stereocenters. The lowest BCUT2D eigenvalue weighted by Crippen LogP contribution is -2.37. The van der Waals surface area contributed by atoms with Gasteiger partial charge in [0.15, 0.2) is 6.04 Å². The van der Waals surface area contributed by atoms with Gasteiger partial charge in [0, 0.05) is 0 Å². The van der Waals surface area contributed by atoms with Crippen molar-refractivity contribution in [2.24, 2.45) is 5.73 Å². The molecule has 7 heteroatoms. The van der Waals surface area contributed by atoms with E-state index in [9.17, 15) is 14.4 Å². The summed E-state index contributed by atoms with van der Waals surface area (Å²) in [5.74, 6) is -1.91. The van der Waals surface area contributed by atoms with Gasteiger partial charge in [0.1, 0.15) is 6.61 Å². The van der Waals surface area contributed by atoms with E-state index in [-0.39, 0.29) is 17.7 Å². The zero-order chi connectivity index (χ0) is 15.1. The van der Waals surface area contributed by atoms with Crippen LogP contribution in [-0.4, -0.2) is 29.7 Å². The fourth-order valence-electron chi connectivity index (χ4n) is 1.49. The first-order valence-corrected chi connectivity index (χ1v) is 5.62. The number of esters is 1. The molecule has 0 aliphatic rings. The summed E-state index contributed by atoms with van der Waals surface area (Å²) >= 11 is 0. The van der Waals surface area contributed by atoms with Crippen molar-refractivity contribution in [3.63, 3.8) is 0 Å². The van der Waals surface area contributed by atoms with Gasteiger partial charge in [-0.05, 0) is 17.7 Å². The number of benzene rings is 1. The van der Waals surface area contributed by atoms with Crippen molar-refractivity contribution in [1.82, 2.24) is 5.32 Å². The van der Waals surface area contributed by atoms with Crippen LogP contribution in [0.15, 0.2) is 36.9 Å². The maximum Gasteiger partial charge on any atom is 0.338 e. The second kappa shape index (κ2) is 6.93. The van der Waals surface area contributed by atoms with Crippen LogP contribution in [-0.2, 0) is 9.53 Å². The largest absolute Gasteiger partial charge is 0.479 e. The second-order valence-electron chi connectivity index (χ2n) is 3.79. The third-order valence-electron chi connectivity index (χ3n) is 2.32. The molecule has 1 aromatic carbocycles. The predicted molar refractivity (Wildman–Crippen MR) is 70.0 cm³/mol. The minimum Gasteiger partial charge on any atom is -0.479 e. The maximum atomic E-state index is 11.6. The molecule has 0 bridgehead atoms. The number of carboxylic acid groups (broad SMARTS) is 1. The Morgan fingerprint density at radius 2 is 2.15 bits per heavy atom. The van der Waals surface area contributed by atoms with Crippen LogP contribution in [0.1, 0.15) is 22.0 Å². The molecule has 0 aliphatic carbocycles. The van der Waals surface area contributed by atoms with Crippen LogP contribution in [0.2, 0.25) is 0 Å². The van der Waals surface area contributed by atoms with Crippen LogP contribution in [0.4, 0.5) is 4.79 Å². The Bertz CT molecular complexity index is 541. The normalized spacial score (nSPS) is 11.2. The fraction of sp³-hybridized carbons (Fsp3) is 0.154. The lowest BCUT2D eigenvalue weighted by Gasteiger charge is -2.14. The predicted octanol–water partition coefficient (Wildman–Crippen LogP) is 0.823. The van der Waals surface area contributed by atoms with Gasteiger partial charge in [-0.25, -0.2) is 14.4 Å². The summed E-state index contributed by atoms with van der Waals surface area (Å²) in [7, 11) is 0. The van der Waals surface area contributed by atoms with Crippen molar-refractivity contribution in [3.05, 3.63) is 48.0 Å². The second-order valence-corrected chi connectivity index (χ2v) is 3.79. The summed E-state index contributed by atoms with van der Waals surface area (Å²) < 4.78 is 4.84. The summed E-state index contributed by atoms with van der Waals surface area (Å²) in [6, 6.07) is 3.42. The van der Waals surface area contributed by atoms with Crippen LogP contribution in [0.3, 0.4) is 0 Å². The summed E-state index contributed by atoms with van der Waals surface area (Å²) in [6.07, 6.45) is 1.41. The van der Waals surface area contributed by atoms with E-state index in [0.29, 0.717) is 0 Å². The van der Waals surface area contributed by atoms with Gasteiger partial charge in [-0.15, -0.1) is 0 Å². The molecule has 0 spiro atoms. The molecule has 0 aromatic heterocycles. The molecule has 1 rings (SSSR count). The summed E-state index contributed by atoms with van der Waals surface area (Å²) in [5.41, 5.74) is 5.30. The van der Waals surface area contributed by atoms with Crippen molar-refractivity contribution in [3.8, 4) is 0 Å². The van der Waals surface area contributed by atoms with E-state index < -0.39 is 24.0 Å². The van der Waals surface area contributed by atoms with Gasteiger partial charge in [-0.1, -0.05) is 24.8 Å². The van der Waals surface area contributed by atoms with Crippen molar-refractivity contribution in [2.45, 2.75) is 6.04 Å². The van der Waals surface area contributed by atoms with Gasteiger partial charge >= 0.3 is 18.0 Å². The van der Waals surface area contributed by atoms with E-state index in [1.165, 1.54) is 30.3 Å². The van der Waals surface area contributed by atoms with E-state index in [2.05, 4.69) is 11.9 Å². The van der Waals surface area contributed by atoms with Gasteiger partial charge in [0.2, 0.25) is 0 Å². The Morgan fingerprint density at radius 3 is 2.70 bits per heavy atom. The SMILES string of the molecule is C=CCOC(=O)c1cccc(C(NC(N)=O)C(=O)O)c1. The molecular formula is C13H14N2O5. The minimum absolute atomic E-state index is 0.0466. The van der Waals surface area contributed by atoms with Crippen LogP contribution < -0.4 is 11.1 Å². The number of urea groups is 1. The number of aliphatic carboxylic acids is 1. The number of carbonyl (C=O) groups is 3. The quantitative estimate of drug-likeness (QED) is 0.526. The van der Waals surface area contributed by atoms with Crippen molar-refractivity contribution in [1.29, 1.82) is 0 Å². The number of carbonyl (C=O) groups excluding carboxylic acids is 2. The molecule has 20 heavy (non-hydrogen) atoms. The number of hydrogen-bond donors (Lipinski definition) is 3. The molecule has 0 fully saturated rings. The molecule has 1 aromatic rings. The van der Waals surface area contributed by atoms with Crippen molar-refractivity contribution >= 4 is 18.0 Å². The summed E-state index contributed by atoms with van der Waals surface area (Å²) in [4.78, 5) is 33.5. The van der Waals surface area contributed by atoms with Gasteiger partial charge < -0.3 is 20.9 Å². The molecule has 0 radical (unpaired) electrons. The smallest absolute Gasteiger partial charge is 0.338 e. The Balaban J connectivity index is 3.00. The Labute approximate surface area is 115 Å². The average molecular weight is 278 g/mol. The number of primary amides is 1. The van der Waals surface area contributed by atoms with Gasteiger partial charge in [0.05, 0.1) is 5.56 Å². The van der Waals surface area contributed by atoms with Crippen LogP contribution in [0.5, 0.6) is 0 Å². The van der Waals surface area contributed by atoms with E-state index in [4.69, 9.17) is 15.6 Å². The highest BCUT2D eigenvalue weighted by Crippen LogP contribution is 2.16. The van der Waals surface area contributed by atoms with Gasteiger partial charge in [-0.2, -0.15) is 0 Å². The first-order chi connectivity index (χ1) is 9.45. The van der Waals surface area contributed by atoms with Crippen molar-refractivity contribution < 1.29 is 24.2 Å². The molecule has 0 aliphatic heterocycles. The Hall–Kier alpha value is -2.83. The molecule has 0 heterocycles. The van der Waals surface area contributed by atoms with E-state index in [1.807, 2.05) is 0 Å². The zero-order valence-electron chi connectivity index (χ0n) is 10.5. The highest BCUT2D eigenvalue weighted by Gasteiger charge is 2.22. The van der Waals surface area contributed by atoms with Crippen molar-refractivity contribution in [2.75, 3.05) is 6.61 Å². The highest BCUT2D eigenvalue weighted by molar-refractivity contribution is 5.90. The molecule has 1 atom stereocenters.